The molecule has 0 radical (unpaired) electrons. The molecule has 0 atom stereocenters. The number of benzene rings is 1. The fourth-order valence-corrected chi connectivity index (χ4v) is 2.95. The van der Waals surface area contributed by atoms with Gasteiger partial charge in [0.1, 0.15) is 11.6 Å². The molecule has 0 amide bonds. The minimum atomic E-state index is -3.79. The Morgan fingerprint density at radius 1 is 1.22 bits per heavy atom. The van der Waals surface area contributed by atoms with Crippen LogP contribution in [0.5, 0.6) is 0 Å². The summed E-state index contributed by atoms with van der Waals surface area (Å²) in [7, 11) is -3.79. The lowest BCUT2D eigenvalue weighted by Crippen LogP contribution is -2.14. The molecule has 0 aliphatic rings. The van der Waals surface area contributed by atoms with Crippen LogP contribution in [0.3, 0.4) is 0 Å². The molecule has 5 nitrogen and oxygen atoms in total. The Morgan fingerprint density at radius 3 is 2.52 bits per heavy atom. The Morgan fingerprint density at radius 2 is 1.96 bits per heavy atom. The van der Waals surface area contributed by atoms with E-state index in [1.54, 1.807) is 18.3 Å². The van der Waals surface area contributed by atoms with Gasteiger partial charge in [-0.3, -0.25) is 4.72 Å². The lowest BCUT2D eigenvalue weighted by Gasteiger charge is -2.11. The van der Waals surface area contributed by atoms with Crippen LogP contribution >= 0.6 is 0 Å². The first-order valence-corrected chi connectivity index (χ1v) is 8.75. The molecule has 1 aromatic carbocycles. The van der Waals surface area contributed by atoms with E-state index in [4.69, 9.17) is 0 Å². The zero-order valence-electron chi connectivity index (χ0n) is 13.3. The van der Waals surface area contributed by atoms with Gasteiger partial charge in [-0.1, -0.05) is 13.8 Å². The van der Waals surface area contributed by atoms with E-state index in [0.29, 0.717) is 5.92 Å². The Balaban J connectivity index is 2.12. The molecule has 2 N–H and O–H groups in total. The highest BCUT2D eigenvalue weighted by molar-refractivity contribution is 7.92. The summed E-state index contributed by atoms with van der Waals surface area (Å²) < 4.78 is 40.2. The summed E-state index contributed by atoms with van der Waals surface area (Å²) in [6.45, 7) is 6.50. The van der Waals surface area contributed by atoms with Crippen LogP contribution in [0.1, 0.15) is 19.4 Å². The number of halogens is 1. The number of anilines is 2. The highest BCUT2D eigenvalue weighted by Gasteiger charge is 2.16. The van der Waals surface area contributed by atoms with Crippen LogP contribution in [0.4, 0.5) is 15.9 Å². The minimum Gasteiger partial charge on any atom is -0.384 e. The quantitative estimate of drug-likeness (QED) is 0.847. The van der Waals surface area contributed by atoms with Gasteiger partial charge in [-0.05, 0) is 48.7 Å². The maximum absolute atomic E-state index is 13.3. The number of pyridine rings is 1. The van der Waals surface area contributed by atoms with Crippen molar-refractivity contribution in [3.8, 4) is 0 Å². The Hall–Kier alpha value is -2.15. The molecule has 0 saturated carbocycles. The van der Waals surface area contributed by atoms with Gasteiger partial charge in [-0.25, -0.2) is 17.8 Å². The lowest BCUT2D eigenvalue weighted by atomic mass is 10.2. The molecule has 0 fully saturated rings. The Labute approximate surface area is 136 Å². The number of hydrogen-bond acceptors (Lipinski definition) is 4. The fourth-order valence-electron chi connectivity index (χ4n) is 1.86. The van der Waals surface area contributed by atoms with E-state index in [0.717, 1.165) is 18.3 Å². The predicted molar refractivity (Wildman–Crippen MR) is 89.5 cm³/mol. The van der Waals surface area contributed by atoms with Gasteiger partial charge in [0.15, 0.2) is 0 Å². The van der Waals surface area contributed by atoms with Gasteiger partial charge >= 0.3 is 0 Å². The van der Waals surface area contributed by atoms with Gasteiger partial charge in [0.2, 0.25) is 0 Å². The smallest absolute Gasteiger partial charge is 0.263 e. The normalized spacial score (nSPS) is 11.5. The highest BCUT2D eigenvalue weighted by Crippen LogP contribution is 2.18. The second-order valence-corrected chi connectivity index (χ2v) is 7.41. The number of aryl methyl sites for hydroxylation is 1. The molecular formula is C16H20FN3O2S. The second kappa shape index (κ2) is 6.95. The number of rotatable bonds is 6. The molecule has 7 heteroatoms. The second-order valence-electron chi connectivity index (χ2n) is 5.72. The van der Waals surface area contributed by atoms with Crippen molar-refractivity contribution >= 4 is 21.5 Å². The number of nitrogens with zero attached hydrogens (tertiary/aromatic N) is 1. The fraction of sp³-hybridized carbons (Fsp3) is 0.312. The van der Waals surface area contributed by atoms with Crippen LogP contribution in [0.25, 0.3) is 0 Å². The molecule has 0 spiro atoms. The summed E-state index contributed by atoms with van der Waals surface area (Å²) in [6, 6.07) is 6.98. The van der Waals surface area contributed by atoms with Gasteiger partial charge in [-0.2, -0.15) is 0 Å². The Bertz CT molecular complexity index is 774. The first-order chi connectivity index (χ1) is 10.8. The van der Waals surface area contributed by atoms with Crippen molar-refractivity contribution in [1.29, 1.82) is 0 Å². The molecule has 0 unspecified atom stereocenters. The summed E-state index contributed by atoms with van der Waals surface area (Å²) in [5.74, 6) is 0.264. The Kier molecular flexibility index (Phi) is 5.20. The highest BCUT2D eigenvalue weighted by atomic mass is 32.2. The summed E-state index contributed by atoms with van der Waals surface area (Å²) >= 11 is 0. The third-order valence-corrected chi connectivity index (χ3v) is 4.51. The topological polar surface area (TPSA) is 71.1 Å². The third kappa shape index (κ3) is 4.66. The molecule has 0 aliphatic heterocycles. The molecule has 1 aromatic heterocycles. The van der Waals surface area contributed by atoms with E-state index >= 15 is 0 Å². The van der Waals surface area contributed by atoms with E-state index < -0.39 is 15.8 Å². The van der Waals surface area contributed by atoms with Gasteiger partial charge in [0, 0.05) is 6.54 Å². The largest absolute Gasteiger partial charge is 0.384 e. The van der Waals surface area contributed by atoms with E-state index in [1.807, 2.05) is 0 Å². The van der Waals surface area contributed by atoms with Crippen molar-refractivity contribution in [1.82, 2.24) is 4.98 Å². The van der Waals surface area contributed by atoms with Crippen LogP contribution in [-0.2, 0) is 10.0 Å². The predicted octanol–water partition coefficient (Wildman–Crippen LogP) is 3.40. The van der Waals surface area contributed by atoms with E-state index in [9.17, 15) is 12.8 Å². The molecule has 2 aromatic rings. The summed E-state index contributed by atoms with van der Waals surface area (Å²) in [4.78, 5) is 4.08. The first kappa shape index (κ1) is 17.2. The van der Waals surface area contributed by atoms with Crippen molar-refractivity contribution in [3.63, 3.8) is 0 Å². The van der Waals surface area contributed by atoms with Crippen LogP contribution < -0.4 is 10.0 Å². The van der Waals surface area contributed by atoms with Crippen LogP contribution in [0, 0.1) is 18.7 Å². The molecule has 124 valence electrons. The zero-order valence-corrected chi connectivity index (χ0v) is 14.1. The van der Waals surface area contributed by atoms with Gasteiger partial charge in [0.25, 0.3) is 10.0 Å². The third-order valence-electron chi connectivity index (χ3n) is 3.16. The van der Waals surface area contributed by atoms with Gasteiger partial charge in [0.05, 0.1) is 16.8 Å². The average Bonchev–Trinajstić information content (AvgIpc) is 2.49. The minimum absolute atomic E-state index is 0.000194. The summed E-state index contributed by atoms with van der Waals surface area (Å²) in [5, 5.41) is 3.20. The zero-order chi connectivity index (χ0) is 17.0. The molecule has 2 rings (SSSR count). The van der Waals surface area contributed by atoms with E-state index in [-0.39, 0.29) is 16.3 Å². The summed E-state index contributed by atoms with van der Waals surface area (Å²) in [6.07, 6.45) is 1.57. The molecular weight excluding hydrogens is 317 g/mol. The van der Waals surface area contributed by atoms with Crippen molar-refractivity contribution in [2.24, 2.45) is 5.92 Å². The van der Waals surface area contributed by atoms with Crippen molar-refractivity contribution in [2.75, 3.05) is 16.6 Å². The molecule has 1 heterocycles. The van der Waals surface area contributed by atoms with Crippen LogP contribution in [0.2, 0.25) is 0 Å². The van der Waals surface area contributed by atoms with Crippen molar-refractivity contribution < 1.29 is 12.8 Å². The molecule has 0 saturated heterocycles. The lowest BCUT2D eigenvalue weighted by molar-refractivity contribution is 0.598. The SMILES string of the molecule is Cc1cc(S(=O)(=O)Nc2ccc(NCC(C)C)cn2)ccc1F. The monoisotopic (exact) mass is 337 g/mol. The standard InChI is InChI=1S/C16H20FN3O2S/c1-11(2)9-18-13-4-7-16(19-10-13)20-23(21,22)14-5-6-15(17)12(3)8-14/h4-8,10-11,18H,9H2,1-3H3,(H,19,20). The maximum Gasteiger partial charge on any atom is 0.263 e. The number of nitrogens with one attached hydrogen (secondary N) is 2. The van der Waals surface area contributed by atoms with Crippen LogP contribution in [0.15, 0.2) is 41.4 Å². The van der Waals surface area contributed by atoms with Crippen molar-refractivity contribution in [2.45, 2.75) is 25.7 Å². The molecule has 23 heavy (non-hydrogen) atoms. The van der Waals surface area contributed by atoms with Gasteiger partial charge in [-0.15, -0.1) is 0 Å². The maximum atomic E-state index is 13.3. The van der Waals surface area contributed by atoms with Crippen molar-refractivity contribution in [3.05, 3.63) is 47.9 Å². The molecule has 0 aliphatic carbocycles. The van der Waals surface area contributed by atoms with E-state index in [2.05, 4.69) is 28.9 Å². The van der Waals surface area contributed by atoms with E-state index in [1.165, 1.54) is 19.1 Å². The first-order valence-electron chi connectivity index (χ1n) is 7.27. The summed E-state index contributed by atoms with van der Waals surface area (Å²) in [5.41, 5.74) is 1.09. The number of aromatic nitrogens is 1. The number of sulfonamides is 1. The van der Waals surface area contributed by atoms with Crippen LogP contribution in [-0.4, -0.2) is 19.9 Å². The number of hydrogen-bond donors (Lipinski definition) is 2. The average molecular weight is 337 g/mol. The van der Waals surface area contributed by atoms with Gasteiger partial charge < -0.3 is 5.32 Å². The molecule has 0 bridgehead atoms.